The lowest BCUT2D eigenvalue weighted by Crippen LogP contribution is -2.40. The molecule has 1 atom stereocenters. The summed E-state index contributed by atoms with van der Waals surface area (Å²) < 4.78 is 1.95. The number of fused-ring (bicyclic) bond motifs is 1. The van der Waals surface area contributed by atoms with Gasteiger partial charge in [0, 0.05) is 56.7 Å². The van der Waals surface area contributed by atoms with Crippen molar-refractivity contribution in [3.63, 3.8) is 0 Å². The van der Waals surface area contributed by atoms with Crippen molar-refractivity contribution in [3.8, 4) is 0 Å². The van der Waals surface area contributed by atoms with Gasteiger partial charge in [-0.3, -0.25) is 19.2 Å². The topological polar surface area (TPSA) is 87.1 Å². The first kappa shape index (κ1) is 20.8. The van der Waals surface area contributed by atoms with E-state index in [4.69, 9.17) is 4.98 Å². The maximum atomic E-state index is 12.8. The highest BCUT2D eigenvalue weighted by Crippen LogP contribution is 2.26. The highest BCUT2D eigenvalue weighted by atomic mass is 16.2. The molecule has 2 aliphatic heterocycles. The van der Waals surface area contributed by atoms with Gasteiger partial charge in [0.25, 0.3) is 5.56 Å². The van der Waals surface area contributed by atoms with Crippen LogP contribution >= 0.6 is 0 Å². The van der Waals surface area contributed by atoms with Crippen molar-refractivity contribution >= 4 is 5.91 Å². The predicted molar refractivity (Wildman–Crippen MR) is 114 cm³/mol. The van der Waals surface area contributed by atoms with Gasteiger partial charge in [-0.1, -0.05) is 6.92 Å². The number of carbonyl (C=O) groups excluding carboxylic acids is 1. The molecule has 30 heavy (non-hydrogen) atoms. The van der Waals surface area contributed by atoms with E-state index in [0.29, 0.717) is 31.5 Å². The van der Waals surface area contributed by atoms with E-state index in [0.717, 1.165) is 57.0 Å². The molecule has 1 amide bonds. The Bertz CT molecular complexity index is 949. The lowest BCUT2D eigenvalue weighted by atomic mass is 9.96. The number of likely N-dealkylation sites (tertiary alicyclic amines) is 1. The SMILES string of the molecule is CCCC(=O)N1CCc2nc(C3CCCN(Cc4cnn(CC)c4)C3)[nH]c(=O)c2C1. The van der Waals surface area contributed by atoms with E-state index in [9.17, 15) is 9.59 Å². The summed E-state index contributed by atoms with van der Waals surface area (Å²) in [6.45, 7) is 8.82. The number of hydrogen-bond acceptors (Lipinski definition) is 5. The van der Waals surface area contributed by atoms with Gasteiger partial charge in [-0.05, 0) is 32.7 Å². The van der Waals surface area contributed by atoms with Crippen LogP contribution in [0.2, 0.25) is 0 Å². The number of rotatable bonds is 6. The summed E-state index contributed by atoms with van der Waals surface area (Å²) >= 11 is 0. The molecule has 0 spiro atoms. The van der Waals surface area contributed by atoms with Gasteiger partial charge >= 0.3 is 0 Å². The zero-order chi connectivity index (χ0) is 21.1. The molecule has 0 saturated carbocycles. The third-order valence-corrected chi connectivity index (χ3v) is 6.21. The number of carbonyl (C=O) groups is 1. The number of hydrogen-bond donors (Lipinski definition) is 1. The summed E-state index contributed by atoms with van der Waals surface area (Å²) in [5.41, 5.74) is 2.68. The van der Waals surface area contributed by atoms with Crippen molar-refractivity contribution in [1.82, 2.24) is 29.5 Å². The molecule has 1 fully saturated rings. The molecule has 4 heterocycles. The second kappa shape index (κ2) is 9.12. The molecule has 0 aromatic carbocycles. The van der Waals surface area contributed by atoms with Gasteiger partial charge in [-0.25, -0.2) is 4.98 Å². The maximum Gasteiger partial charge on any atom is 0.256 e. The molecule has 2 aromatic rings. The van der Waals surface area contributed by atoms with E-state index in [2.05, 4.69) is 28.1 Å². The van der Waals surface area contributed by atoms with Gasteiger partial charge in [0.1, 0.15) is 5.82 Å². The first-order chi connectivity index (χ1) is 14.6. The van der Waals surface area contributed by atoms with Gasteiger partial charge in [-0.15, -0.1) is 0 Å². The summed E-state index contributed by atoms with van der Waals surface area (Å²) in [6, 6.07) is 0. The third kappa shape index (κ3) is 4.48. The molecule has 2 aliphatic rings. The van der Waals surface area contributed by atoms with E-state index in [1.165, 1.54) is 5.56 Å². The lowest BCUT2D eigenvalue weighted by molar-refractivity contribution is -0.132. The Kier molecular flexibility index (Phi) is 6.32. The Balaban J connectivity index is 1.46. The monoisotopic (exact) mass is 412 g/mol. The fraction of sp³-hybridized carbons (Fsp3) is 0.636. The molecule has 0 bridgehead atoms. The minimum atomic E-state index is -0.0784. The highest BCUT2D eigenvalue weighted by Gasteiger charge is 2.28. The summed E-state index contributed by atoms with van der Waals surface area (Å²) in [5.74, 6) is 1.17. The number of piperidine rings is 1. The third-order valence-electron chi connectivity index (χ3n) is 6.21. The van der Waals surface area contributed by atoms with Crippen LogP contribution < -0.4 is 5.56 Å². The van der Waals surface area contributed by atoms with Crippen molar-refractivity contribution in [2.24, 2.45) is 0 Å². The zero-order valence-electron chi connectivity index (χ0n) is 18.1. The van der Waals surface area contributed by atoms with Crippen molar-refractivity contribution < 1.29 is 4.79 Å². The summed E-state index contributed by atoms with van der Waals surface area (Å²) in [5, 5.41) is 4.37. The quantitative estimate of drug-likeness (QED) is 0.785. The van der Waals surface area contributed by atoms with E-state index in [1.807, 2.05) is 17.8 Å². The van der Waals surface area contributed by atoms with E-state index in [-0.39, 0.29) is 17.4 Å². The Hall–Kier alpha value is -2.48. The van der Waals surface area contributed by atoms with Crippen LogP contribution in [0.25, 0.3) is 0 Å². The van der Waals surface area contributed by atoms with E-state index >= 15 is 0 Å². The number of nitrogens with zero attached hydrogens (tertiary/aromatic N) is 5. The molecule has 2 aromatic heterocycles. The van der Waals surface area contributed by atoms with Crippen LogP contribution in [-0.4, -0.2) is 55.1 Å². The van der Waals surface area contributed by atoms with Crippen LogP contribution in [0.15, 0.2) is 17.2 Å². The Morgan fingerprint density at radius 3 is 2.93 bits per heavy atom. The summed E-state index contributed by atoms with van der Waals surface area (Å²) in [4.78, 5) is 37.2. The first-order valence-electron chi connectivity index (χ1n) is 11.2. The van der Waals surface area contributed by atoms with Crippen molar-refractivity contribution in [2.45, 2.75) is 71.5 Å². The first-order valence-corrected chi connectivity index (χ1v) is 11.2. The predicted octanol–water partition coefficient (Wildman–Crippen LogP) is 2.05. The van der Waals surface area contributed by atoms with Crippen molar-refractivity contribution in [2.75, 3.05) is 19.6 Å². The molecule has 1 N–H and O–H groups in total. The van der Waals surface area contributed by atoms with E-state index in [1.54, 1.807) is 4.90 Å². The molecular weight excluding hydrogens is 380 g/mol. The summed E-state index contributed by atoms with van der Waals surface area (Å²) in [6.07, 6.45) is 8.20. The normalized spacial score (nSPS) is 19.7. The van der Waals surface area contributed by atoms with Crippen molar-refractivity contribution in [1.29, 1.82) is 0 Å². The molecule has 0 aliphatic carbocycles. The van der Waals surface area contributed by atoms with Gasteiger partial charge in [0.05, 0.1) is 24.0 Å². The fourth-order valence-corrected chi connectivity index (χ4v) is 4.56. The molecule has 1 saturated heterocycles. The van der Waals surface area contributed by atoms with Crippen LogP contribution in [0.5, 0.6) is 0 Å². The van der Waals surface area contributed by atoms with Crippen LogP contribution in [0.3, 0.4) is 0 Å². The highest BCUT2D eigenvalue weighted by molar-refractivity contribution is 5.76. The second-order valence-electron chi connectivity index (χ2n) is 8.47. The molecule has 8 nitrogen and oxygen atoms in total. The van der Waals surface area contributed by atoms with Gasteiger partial charge in [-0.2, -0.15) is 5.10 Å². The number of amides is 1. The smallest absolute Gasteiger partial charge is 0.256 e. The van der Waals surface area contributed by atoms with Crippen LogP contribution in [-0.2, 0) is 30.8 Å². The molecule has 0 radical (unpaired) electrons. The van der Waals surface area contributed by atoms with Crippen LogP contribution in [0.4, 0.5) is 0 Å². The maximum absolute atomic E-state index is 12.8. The standard InChI is InChI=1S/C22H32N6O2/c1-3-6-20(29)27-10-8-19-18(15-27)22(30)25-21(24-19)17-7-5-9-26(14-17)12-16-11-23-28(4-2)13-16/h11,13,17H,3-10,12,14-15H2,1-2H3,(H,24,25,30). The minimum Gasteiger partial charge on any atom is -0.338 e. The minimum absolute atomic E-state index is 0.0784. The van der Waals surface area contributed by atoms with Gasteiger partial charge in [0.2, 0.25) is 5.91 Å². The average molecular weight is 413 g/mol. The number of aromatic amines is 1. The van der Waals surface area contributed by atoms with Crippen molar-refractivity contribution in [3.05, 3.63) is 45.4 Å². The largest absolute Gasteiger partial charge is 0.338 e. The zero-order valence-corrected chi connectivity index (χ0v) is 18.1. The van der Waals surface area contributed by atoms with E-state index < -0.39 is 0 Å². The Morgan fingerprint density at radius 2 is 2.17 bits per heavy atom. The van der Waals surface area contributed by atoms with Gasteiger partial charge in [0.15, 0.2) is 0 Å². The van der Waals surface area contributed by atoms with Gasteiger partial charge < -0.3 is 9.88 Å². The fourth-order valence-electron chi connectivity index (χ4n) is 4.56. The number of nitrogens with one attached hydrogen (secondary N) is 1. The molecule has 162 valence electrons. The van der Waals surface area contributed by atoms with Crippen LogP contribution in [0, 0.1) is 0 Å². The second-order valence-corrected chi connectivity index (χ2v) is 8.47. The molecule has 4 rings (SSSR count). The molecule has 1 unspecified atom stereocenters. The number of aromatic nitrogens is 4. The lowest BCUT2D eigenvalue weighted by Gasteiger charge is -2.33. The summed E-state index contributed by atoms with van der Waals surface area (Å²) in [7, 11) is 0. The Labute approximate surface area is 177 Å². The molecule has 8 heteroatoms. The van der Waals surface area contributed by atoms with Crippen LogP contribution in [0.1, 0.15) is 68.1 Å². The number of H-pyrrole nitrogens is 1. The Morgan fingerprint density at radius 1 is 1.30 bits per heavy atom. The average Bonchev–Trinajstić information content (AvgIpc) is 3.21. The number of aryl methyl sites for hydroxylation is 1. The molecular formula is C22H32N6O2.